The Kier molecular flexibility index (Phi) is 9.34. The van der Waals surface area contributed by atoms with Gasteiger partial charge in [-0.15, -0.1) is 0 Å². The third kappa shape index (κ3) is 7.42. The molecule has 2 N–H and O–H groups in total. The molecule has 1 fully saturated rings. The van der Waals surface area contributed by atoms with E-state index in [4.69, 9.17) is 20.0 Å². The van der Waals surface area contributed by atoms with E-state index in [9.17, 15) is 26.4 Å². The predicted molar refractivity (Wildman–Crippen MR) is 124 cm³/mol. The van der Waals surface area contributed by atoms with Crippen molar-refractivity contribution in [2.75, 3.05) is 13.7 Å². The van der Waals surface area contributed by atoms with Gasteiger partial charge in [0.25, 0.3) is 10.0 Å². The van der Waals surface area contributed by atoms with Gasteiger partial charge in [-0.25, -0.2) is 13.2 Å². The van der Waals surface area contributed by atoms with Crippen LogP contribution in [-0.2, 0) is 30.8 Å². The summed E-state index contributed by atoms with van der Waals surface area (Å²) in [6, 6.07) is 12.9. The molecule has 36 heavy (non-hydrogen) atoms. The van der Waals surface area contributed by atoms with Crippen LogP contribution in [0.3, 0.4) is 0 Å². The van der Waals surface area contributed by atoms with Gasteiger partial charge in [-0.3, -0.25) is 4.84 Å². The zero-order chi connectivity index (χ0) is 26.3. The number of ether oxygens (including phenoxy) is 2. The fourth-order valence-corrected chi connectivity index (χ4v) is 5.15. The van der Waals surface area contributed by atoms with E-state index in [1.165, 1.54) is 31.4 Å². The maximum Gasteiger partial charge on any atom is 0.490 e. The van der Waals surface area contributed by atoms with E-state index in [0.717, 1.165) is 12.8 Å². The van der Waals surface area contributed by atoms with Crippen molar-refractivity contribution in [3.63, 3.8) is 0 Å². The maximum atomic E-state index is 13.5. The third-order valence-corrected chi connectivity index (χ3v) is 7.44. The van der Waals surface area contributed by atoms with Gasteiger partial charge in [0.2, 0.25) is 0 Å². The normalized spacial score (nSPS) is 16.6. The highest BCUT2D eigenvalue weighted by atomic mass is 32.2. The number of sulfonamides is 1. The number of hydrogen-bond acceptors (Lipinski definition) is 7. The number of hydrogen-bond donors (Lipinski definition) is 1. The molecule has 2 unspecified atom stereocenters. The Hall–Kier alpha value is -2.67. The van der Waals surface area contributed by atoms with Crippen LogP contribution in [0.2, 0.25) is 0 Å². The monoisotopic (exact) mass is 530 g/mol. The first-order valence-corrected chi connectivity index (χ1v) is 12.9. The molecule has 0 amide bonds. The zero-order valence-corrected chi connectivity index (χ0v) is 20.5. The number of hydroxylamine groups is 1. The average molecular weight is 531 g/mol. The van der Waals surface area contributed by atoms with Crippen molar-refractivity contribution >= 4 is 16.0 Å². The van der Waals surface area contributed by atoms with Gasteiger partial charge >= 0.3 is 12.1 Å². The lowest BCUT2D eigenvalue weighted by molar-refractivity contribution is -0.211. The molecule has 1 aliphatic rings. The Balaban J connectivity index is 1.92. The lowest BCUT2D eigenvalue weighted by Gasteiger charge is -2.31. The predicted octanol–water partition coefficient (Wildman–Crippen LogP) is 3.60. The Morgan fingerprint density at radius 2 is 1.69 bits per heavy atom. The summed E-state index contributed by atoms with van der Waals surface area (Å²) in [7, 11) is -2.94. The molecule has 12 heteroatoms. The molecule has 8 nitrogen and oxygen atoms in total. The van der Waals surface area contributed by atoms with E-state index >= 15 is 0 Å². The van der Waals surface area contributed by atoms with Gasteiger partial charge in [0.15, 0.2) is 0 Å². The highest BCUT2D eigenvalue weighted by Gasteiger charge is 2.44. The quantitative estimate of drug-likeness (QED) is 0.349. The van der Waals surface area contributed by atoms with Crippen molar-refractivity contribution < 1.29 is 40.7 Å². The molecule has 2 aromatic rings. The number of halogens is 3. The highest BCUT2D eigenvalue weighted by molar-refractivity contribution is 7.89. The Morgan fingerprint density at radius 3 is 2.25 bits per heavy atom. The van der Waals surface area contributed by atoms with Crippen LogP contribution in [0.25, 0.3) is 0 Å². The van der Waals surface area contributed by atoms with Crippen LogP contribution in [0.5, 0.6) is 5.75 Å². The van der Waals surface area contributed by atoms with Crippen molar-refractivity contribution in [2.24, 2.45) is 5.73 Å². The number of benzene rings is 2. The van der Waals surface area contributed by atoms with Crippen molar-refractivity contribution in [1.29, 1.82) is 0 Å². The number of alkyl halides is 3. The lowest BCUT2D eigenvalue weighted by Crippen LogP contribution is -2.50. The fourth-order valence-electron chi connectivity index (χ4n) is 3.85. The summed E-state index contributed by atoms with van der Waals surface area (Å²) in [6.45, 7) is -0.722. The van der Waals surface area contributed by atoms with Crippen LogP contribution >= 0.6 is 0 Å². The van der Waals surface area contributed by atoms with Gasteiger partial charge in [-0.1, -0.05) is 47.6 Å². The van der Waals surface area contributed by atoms with Crippen molar-refractivity contribution in [2.45, 2.75) is 61.4 Å². The molecule has 198 valence electrons. The number of nitrogens with zero attached hydrogens (tertiary/aromatic N) is 1. The second kappa shape index (κ2) is 12.0. The Bertz CT molecular complexity index is 1090. The smallest absolute Gasteiger partial charge is 0.490 e. The van der Waals surface area contributed by atoms with Gasteiger partial charge in [-0.05, 0) is 49.1 Å². The van der Waals surface area contributed by atoms with Crippen LogP contribution in [0.15, 0.2) is 59.5 Å². The molecule has 0 aromatic heterocycles. The van der Waals surface area contributed by atoms with Crippen LogP contribution in [0, 0.1) is 0 Å². The lowest BCUT2D eigenvalue weighted by atomic mass is 10.0. The van der Waals surface area contributed by atoms with Gasteiger partial charge in [0.1, 0.15) is 11.9 Å². The number of carbonyl (C=O) groups excluding carboxylic acids is 1. The molecule has 0 saturated heterocycles. The van der Waals surface area contributed by atoms with Gasteiger partial charge < -0.3 is 15.2 Å². The molecule has 0 radical (unpaired) electrons. The number of nitrogens with two attached hydrogens (primary N) is 1. The standard InChI is InChI=1S/C24H29F3N2O6S/c1-33-18-11-13-20(14-12-18)36(31,32)29(35-19-9-5-6-10-19)16-22(34-23(30)24(25,26)27)21(28)15-17-7-3-2-4-8-17/h2-4,7-8,11-14,19,21-22H,5-6,9-10,15-16,28H2,1H3. The summed E-state index contributed by atoms with van der Waals surface area (Å²) in [6.07, 6.45) is -4.54. The molecule has 0 aliphatic heterocycles. The summed E-state index contributed by atoms with van der Waals surface area (Å²) in [5.41, 5.74) is 6.86. The second-order valence-electron chi connectivity index (χ2n) is 8.47. The minimum absolute atomic E-state index is 0.0382. The average Bonchev–Trinajstić information content (AvgIpc) is 3.36. The topological polar surface area (TPSA) is 108 Å². The van der Waals surface area contributed by atoms with E-state index in [0.29, 0.717) is 28.6 Å². The van der Waals surface area contributed by atoms with Crippen LogP contribution in [0.1, 0.15) is 31.2 Å². The first kappa shape index (κ1) is 27.9. The summed E-state index contributed by atoms with van der Waals surface area (Å²) >= 11 is 0. The van der Waals surface area contributed by atoms with Crippen LogP contribution in [-0.4, -0.2) is 56.9 Å². The molecule has 2 atom stereocenters. The molecule has 0 spiro atoms. The third-order valence-electron chi connectivity index (χ3n) is 5.80. The molecule has 1 saturated carbocycles. The highest BCUT2D eigenvalue weighted by Crippen LogP contribution is 2.28. The summed E-state index contributed by atoms with van der Waals surface area (Å²) < 4.78 is 76.5. The molecule has 3 rings (SSSR count). The van der Waals surface area contributed by atoms with Gasteiger partial charge in [0, 0.05) is 6.04 Å². The summed E-state index contributed by atoms with van der Waals surface area (Å²) in [5.74, 6) is -2.04. The molecular formula is C24H29F3N2O6S. The number of methoxy groups -OCH3 is 1. The molecule has 1 aliphatic carbocycles. The van der Waals surface area contributed by atoms with E-state index in [2.05, 4.69) is 0 Å². The zero-order valence-electron chi connectivity index (χ0n) is 19.7. The molecular weight excluding hydrogens is 501 g/mol. The maximum absolute atomic E-state index is 13.5. The first-order valence-electron chi connectivity index (χ1n) is 11.4. The number of carbonyl (C=O) groups is 1. The fraction of sp³-hybridized carbons (Fsp3) is 0.458. The molecule has 0 heterocycles. The van der Waals surface area contributed by atoms with E-state index in [1.807, 2.05) is 0 Å². The number of rotatable bonds is 11. The van der Waals surface area contributed by atoms with E-state index in [1.54, 1.807) is 30.3 Å². The van der Waals surface area contributed by atoms with Crippen molar-refractivity contribution in [3.05, 3.63) is 60.2 Å². The van der Waals surface area contributed by atoms with Crippen LogP contribution in [0.4, 0.5) is 13.2 Å². The minimum Gasteiger partial charge on any atom is -0.497 e. The molecule has 0 bridgehead atoms. The van der Waals surface area contributed by atoms with Gasteiger partial charge in [-0.2, -0.15) is 13.2 Å². The van der Waals surface area contributed by atoms with E-state index in [-0.39, 0.29) is 11.3 Å². The van der Waals surface area contributed by atoms with Crippen LogP contribution < -0.4 is 10.5 Å². The second-order valence-corrected chi connectivity index (χ2v) is 10.3. The van der Waals surface area contributed by atoms with E-state index < -0.39 is 47.0 Å². The largest absolute Gasteiger partial charge is 0.497 e. The number of esters is 1. The SMILES string of the molecule is COc1ccc(S(=O)(=O)N(CC(OC(=O)C(F)(F)F)C(N)Cc2ccccc2)OC2CCCC2)cc1. The first-order chi connectivity index (χ1) is 17.0. The summed E-state index contributed by atoms with van der Waals surface area (Å²) in [5, 5.41) is 0. The Morgan fingerprint density at radius 1 is 1.08 bits per heavy atom. The molecule has 2 aromatic carbocycles. The van der Waals surface area contributed by atoms with Crippen molar-refractivity contribution in [3.8, 4) is 5.75 Å². The van der Waals surface area contributed by atoms with Crippen molar-refractivity contribution in [1.82, 2.24) is 4.47 Å². The van der Waals surface area contributed by atoms with Gasteiger partial charge in [0.05, 0.1) is 24.7 Å². The summed E-state index contributed by atoms with van der Waals surface area (Å²) in [4.78, 5) is 17.3. The minimum atomic E-state index is -5.28. The Labute approximate surface area is 208 Å².